The van der Waals surface area contributed by atoms with E-state index in [-0.39, 0.29) is 31.1 Å². The molecule has 0 saturated carbocycles. The molecule has 0 amide bonds. The summed E-state index contributed by atoms with van der Waals surface area (Å²) in [6.45, 7) is 6.39. The Hall–Kier alpha value is -3.67. The molecule has 0 bridgehead atoms. The lowest BCUT2D eigenvalue weighted by atomic mass is 10.0. The van der Waals surface area contributed by atoms with Crippen molar-refractivity contribution < 1.29 is 28.6 Å². The van der Waals surface area contributed by atoms with Gasteiger partial charge >= 0.3 is 17.9 Å². The first-order valence-electron chi connectivity index (χ1n) is 29.7. The van der Waals surface area contributed by atoms with Gasteiger partial charge in [0.25, 0.3) is 0 Å². The zero-order valence-corrected chi connectivity index (χ0v) is 46.5. The molecule has 0 fully saturated rings. The third-order valence-electron chi connectivity index (χ3n) is 12.6. The number of rotatable bonds is 53. The monoisotopic (exact) mass is 987 g/mol. The molecule has 0 N–H and O–H groups in total. The van der Waals surface area contributed by atoms with Crippen LogP contribution in [-0.4, -0.2) is 37.2 Å². The lowest BCUT2D eigenvalue weighted by Crippen LogP contribution is -2.30. The van der Waals surface area contributed by atoms with Crippen molar-refractivity contribution >= 4 is 17.9 Å². The summed E-state index contributed by atoms with van der Waals surface area (Å²) in [5.74, 6) is -0.927. The van der Waals surface area contributed by atoms with Gasteiger partial charge < -0.3 is 14.2 Å². The summed E-state index contributed by atoms with van der Waals surface area (Å²) >= 11 is 0. The third-order valence-corrected chi connectivity index (χ3v) is 12.6. The summed E-state index contributed by atoms with van der Waals surface area (Å²) < 4.78 is 16.8. The van der Waals surface area contributed by atoms with Gasteiger partial charge in [-0.05, 0) is 116 Å². The number of ether oxygens (including phenoxy) is 3. The van der Waals surface area contributed by atoms with Crippen LogP contribution in [-0.2, 0) is 28.6 Å². The SMILES string of the molecule is CC/C=C\C/C=C\C/C=C\C/C=C\CCCCCCCCCCCCCCC(=O)OCC(COC(=O)CCCCC/C=C\C/C=C\C/C=C\CC)OC(=O)CCCCCCC/C=C\CCCCCCCC. The number of hydrogen-bond acceptors (Lipinski definition) is 6. The van der Waals surface area contributed by atoms with E-state index in [4.69, 9.17) is 14.2 Å². The van der Waals surface area contributed by atoms with E-state index in [9.17, 15) is 14.4 Å². The highest BCUT2D eigenvalue weighted by Gasteiger charge is 2.19. The number of hydrogen-bond donors (Lipinski definition) is 0. The zero-order chi connectivity index (χ0) is 51.4. The van der Waals surface area contributed by atoms with Gasteiger partial charge in [-0.2, -0.15) is 0 Å². The van der Waals surface area contributed by atoms with Crippen molar-refractivity contribution in [2.75, 3.05) is 13.2 Å². The van der Waals surface area contributed by atoms with Crippen molar-refractivity contribution in [1.82, 2.24) is 0 Å². The second kappa shape index (κ2) is 58.9. The standard InChI is InChI=1S/C65H110O6/c1-4-7-10-13-16-19-22-25-27-28-29-30-31-32-33-34-35-36-38-40-43-46-49-52-55-58-64(67)70-61-62(60-69-63(66)57-54-51-48-45-42-39-24-21-18-15-12-9-6-3)71-65(68)59-56-53-50-47-44-41-37-26-23-20-17-14-11-8-5-2/h7,9-10,12,16,18-19,21,25-27,29-30,37,39,42,62H,4-6,8,11,13-15,17,20,22-24,28,31-36,38,40-41,43-61H2,1-3H3/b10-7-,12-9-,19-16-,21-18-,27-25-,30-29-,37-26-,42-39-. The van der Waals surface area contributed by atoms with Gasteiger partial charge in [-0.25, -0.2) is 0 Å². The molecular formula is C65H110O6. The van der Waals surface area contributed by atoms with Gasteiger partial charge in [-0.3, -0.25) is 14.4 Å². The molecule has 0 rings (SSSR count). The highest BCUT2D eigenvalue weighted by molar-refractivity contribution is 5.71. The van der Waals surface area contributed by atoms with E-state index in [1.807, 2.05) is 0 Å². The number of unbranched alkanes of at least 4 members (excludes halogenated alkanes) is 26. The molecule has 406 valence electrons. The van der Waals surface area contributed by atoms with E-state index in [0.29, 0.717) is 19.3 Å². The maximum atomic E-state index is 12.8. The molecule has 0 aromatic carbocycles. The van der Waals surface area contributed by atoms with Crippen LogP contribution in [0.3, 0.4) is 0 Å². The Labute approximate surface area is 438 Å². The number of allylic oxidation sites excluding steroid dienone is 16. The predicted octanol–water partition coefficient (Wildman–Crippen LogP) is 20.1. The van der Waals surface area contributed by atoms with E-state index in [1.54, 1.807) is 0 Å². The molecular weight excluding hydrogens is 877 g/mol. The first kappa shape index (κ1) is 67.3. The number of esters is 3. The molecule has 0 aromatic rings. The van der Waals surface area contributed by atoms with E-state index in [1.165, 1.54) is 116 Å². The van der Waals surface area contributed by atoms with Crippen molar-refractivity contribution in [3.05, 3.63) is 97.2 Å². The quantitative estimate of drug-likeness (QED) is 0.0261. The fourth-order valence-corrected chi connectivity index (χ4v) is 8.15. The molecule has 0 spiro atoms. The average molecular weight is 988 g/mol. The number of carbonyl (C=O) groups is 3. The minimum atomic E-state index is -0.795. The number of carbonyl (C=O) groups excluding carboxylic acids is 3. The summed E-state index contributed by atoms with van der Waals surface area (Å²) in [6, 6.07) is 0. The highest BCUT2D eigenvalue weighted by atomic mass is 16.6. The van der Waals surface area contributed by atoms with Gasteiger partial charge in [-0.15, -0.1) is 0 Å². The van der Waals surface area contributed by atoms with Crippen LogP contribution in [0.2, 0.25) is 0 Å². The summed E-state index contributed by atoms with van der Waals surface area (Å²) in [7, 11) is 0. The van der Waals surface area contributed by atoms with Gasteiger partial charge in [0.15, 0.2) is 6.10 Å². The van der Waals surface area contributed by atoms with Crippen LogP contribution in [0.1, 0.15) is 278 Å². The predicted molar refractivity (Wildman–Crippen MR) is 307 cm³/mol. The van der Waals surface area contributed by atoms with Gasteiger partial charge in [-0.1, -0.05) is 240 Å². The topological polar surface area (TPSA) is 78.9 Å². The molecule has 0 aromatic heterocycles. The van der Waals surface area contributed by atoms with E-state index >= 15 is 0 Å². The fourth-order valence-electron chi connectivity index (χ4n) is 8.15. The van der Waals surface area contributed by atoms with Crippen molar-refractivity contribution in [2.45, 2.75) is 284 Å². The Morgan fingerprint density at radius 3 is 0.887 bits per heavy atom. The van der Waals surface area contributed by atoms with E-state index in [0.717, 1.165) is 122 Å². The fraction of sp³-hybridized carbons (Fsp3) is 0.708. The van der Waals surface area contributed by atoms with E-state index in [2.05, 4.69) is 118 Å². The molecule has 6 nitrogen and oxygen atoms in total. The summed E-state index contributed by atoms with van der Waals surface area (Å²) in [5.41, 5.74) is 0. The summed E-state index contributed by atoms with van der Waals surface area (Å²) in [6.07, 6.45) is 78.4. The smallest absolute Gasteiger partial charge is 0.306 e. The minimum Gasteiger partial charge on any atom is -0.462 e. The second-order valence-corrected chi connectivity index (χ2v) is 19.5. The van der Waals surface area contributed by atoms with Crippen LogP contribution in [0, 0.1) is 0 Å². The maximum Gasteiger partial charge on any atom is 0.306 e. The first-order valence-corrected chi connectivity index (χ1v) is 29.7. The zero-order valence-electron chi connectivity index (χ0n) is 46.5. The molecule has 1 unspecified atom stereocenters. The molecule has 0 radical (unpaired) electrons. The Balaban J connectivity index is 4.32. The van der Waals surface area contributed by atoms with Crippen LogP contribution < -0.4 is 0 Å². The molecule has 71 heavy (non-hydrogen) atoms. The maximum absolute atomic E-state index is 12.8. The Morgan fingerprint density at radius 1 is 0.296 bits per heavy atom. The first-order chi connectivity index (χ1) is 35.0. The summed E-state index contributed by atoms with van der Waals surface area (Å²) in [4.78, 5) is 38.2. The van der Waals surface area contributed by atoms with Gasteiger partial charge in [0.2, 0.25) is 0 Å². The summed E-state index contributed by atoms with van der Waals surface area (Å²) in [5, 5.41) is 0. The normalized spacial score (nSPS) is 12.8. The third kappa shape index (κ3) is 57.1. The Morgan fingerprint density at radius 2 is 0.549 bits per heavy atom. The lowest BCUT2D eigenvalue weighted by Gasteiger charge is -2.18. The van der Waals surface area contributed by atoms with Crippen molar-refractivity contribution in [3.8, 4) is 0 Å². The average Bonchev–Trinajstić information content (AvgIpc) is 3.37. The molecule has 0 heterocycles. The highest BCUT2D eigenvalue weighted by Crippen LogP contribution is 2.15. The molecule has 6 heteroatoms. The van der Waals surface area contributed by atoms with Crippen LogP contribution in [0.5, 0.6) is 0 Å². The molecule has 0 aliphatic rings. The molecule has 0 aliphatic carbocycles. The van der Waals surface area contributed by atoms with Crippen LogP contribution in [0.25, 0.3) is 0 Å². The van der Waals surface area contributed by atoms with Crippen LogP contribution in [0.15, 0.2) is 97.2 Å². The van der Waals surface area contributed by atoms with Crippen LogP contribution >= 0.6 is 0 Å². The van der Waals surface area contributed by atoms with Crippen molar-refractivity contribution in [1.29, 1.82) is 0 Å². The van der Waals surface area contributed by atoms with E-state index < -0.39 is 6.10 Å². The molecule has 0 saturated heterocycles. The van der Waals surface area contributed by atoms with Gasteiger partial charge in [0, 0.05) is 19.3 Å². The Bertz CT molecular complexity index is 1410. The van der Waals surface area contributed by atoms with Gasteiger partial charge in [0.1, 0.15) is 13.2 Å². The minimum absolute atomic E-state index is 0.0908. The second-order valence-electron chi connectivity index (χ2n) is 19.5. The largest absolute Gasteiger partial charge is 0.462 e. The van der Waals surface area contributed by atoms with Gasteiger partial charge in [0.05, 0.1) is 0 Å². The molecule has 1 atom stereocenters. The van der Waals surface area contributed by atoms with Crippen molar-refractivity contribution in [2.24, 2.45) is 0 Å². The molecule has 0 aliphatic heterocycles. The van der Waals surface area contributed by atoms with Crippen LogP contribution in [0.4, 0.5) is 0 Å². The lowest BCUT2D eigenvalue weighted by molar-refractivity contribution is -0.167. The Kier molecular flexibility index (Phi) is 55.9. The van der Waals surface area contributed by atoms with Crippen molar-refractivity contribution in [3.63, 3.8) is 0 Å².